The van der Waals surface area contributed by atoms with Crippen molar-refractivity contribution in [2.75, 3.05) is 13.2 Å². The number of hydrogen-bond acceptors (Lipinski definition) is 3. The Morgan fingerprint density at radius 2 is 2.00 bits per heavy atom. The first-order valence-corrected chi connectivity index (χ1v) is 7.69. The van der Waals surface area contributed by atoms with Crippen molar-refractivity contribution >= 4 is 5.97 Å². The molecule has 2 fully saturated rings. The number of carboxylic acids is 1. The van der Waals surface area contributed by atoms with Crippen LogP contribution in [0.2, 0.25) is 0 Å². The minimum Gasteiger partial charge on any atom is -0.480 e. The van der Waals surface area contributed by atoms with E-state index in [1.807, 2.05) is 0 Å². The summed E-state index contributed by atoms with van der Waals surface area (Å²) in [4.78, 5) is 11.4. The highest BCUT2D eigenvalue weighted by atomic mass is 16.5. The molecule has 0 radical (unpaired) electrons. The molecule has 0 spiro atoms. The summed E-state index contributed by atoms with van der Waals surface area (Å²) >= 11 is 0. The molecule has 0 aromatic rings. The summed E-state index contributed by atoms with van der Waals surface area (Å²) < 4.78 is 5.69. The molecule has 4 heteroatoms. The Bertz CT molecular complexity index is 298. The van der Waals surface area contributed by atoms with Crippen LogP contribution in [0.4, 0.5) is 0 Å². The van der Waals surface area contributed by atoms with Crippen LogP contribution in [0.5, 0.6) is 0 Å². The fraction of sp³-hybridized carbons (Fsp3) is 0.933. The van der Waals surface area contributed by atoms with E-state index in [0.29, 0.717) is 19.1 Å². The summed E-state index contributed by atoms with van der Waals surface area (Å²) in [5, 5.41) is 12.6. The predicted octanol–water partition coefficient (Wildman–Crippen LogP) is 2.57. The Hall–Kier alpha value is -0.610. The van der Waals surface area contributed by atoms with Crippen LogP contribution >= 0.6 is 0 Å². The van der Waals surface area contributed by atoms with Crippen LogP contribution in [0, 0.1) is 5.92 Å². The van der Waals surface area contributed by atoms with Crippen LogP contribution in [0.25, 0.3) is 0 Å². The molecule has 0 saturated heterocycles. The van der Waals surface area contributed by atoms with Crippen molar-refractivity contribution < 1.29 is 14.6 Å². The van der Waals surface area contributed by atoms with Crippen LogP contribution < -0.4 is 5.32 Å². The van der Waals surface area contributed by atoms with Gasteiger partial charge >= 0.3 is 5.97 Å². The maximum absolute atomic E-state index is 11.4. The second-order valence-corrected chi connectivity index (χ2v) is 6.38. The lowest BCUT2D eigenvalue weighted by atomic mass is 9.96. The van der Waals surface area contributed by atoms with Crippen LogP contribution in [0.1, 0.15) is 58.3 Å². The van der Waals surface area contributed by atoms with Gasteiger partial charge < -0.3 is 9.84 Å². The molecule has 0 aromatic carbocycles. The van der Waals surface area contributed by atoms with Gasteiger partial charge in [-0.25, -0.2) is 0 Å². The fourth-order valence-corrected chi connectivity index (χ4v) is 2.87. The Kier molecular flexibility index (Phi) is 5.22. The molecular weight excluding hydrogens is 242 g/mol. The molecule has 1 atom stereocenters. The molecule has 4 nitrogen and oxygen atoms in total. The number of nitrogens with one attached hydrogen (secondary N) is 1. The first-order chi connectivity index (χ1) is 9.10. The van der Waals surface area contributed by atoms with Crippen molar-refractivity contribution in [3.05, 3.63) is 0 Å². The van der Waals surface area contributed by atoms with E-state index in [9.17, 15) is 9.90 Å². The zero-order chi connectivity index (χ0) is 13.7. The van der Waals surface area contributed by atoms with E-state index in [2.05, 4.69) is 5.32 Å². The average molecular weight is 269 g/mol. The molecule has 0 heterocycles. The molecule has 2 aliphatic carbocycles. The second kappa shape index (κ2) is 6.71. The molecule has 0 aromatic heterocycles. The lowest BCUT2D eigenvalue weighted by Crippen LogP contribution is -2.50. The predicted molar refractivity (Wildman–Crippen MR) is 74.2 cm³/mol. The lowest BCUT2D eigenvalue weighted by Gasteiger charge is -2.26. The highest BCUT2D eigenvalue weighted by Crippen LogP contribution is 2.26. The van der Waals surface area contributed by atoms with Gasteiger partial charge in [0.2, 0.25) is 0 Å². The minimum absolute atomic E-state index is 0.417. The number of rotatable bonds is 9. The lowest BCUT2D eigenvalue weighted by molar-refractivity contribution is -0.144. The Balaban J connectivity index is 1.60. The number of carboxylic acid groups (broad SMARTS) is 1. The quantitative estimate of drug-likeness (QED) is 0.632. The molecule has 1 unspecified atom stereocenters. The summed E-state index contributed by atoms with van der Waals surface area (Å²) in [6.45, 7) is 3.34. The van der Waals surface area contributed by atoms with Crippen LogP contribution in [-0.4, -0.2) is 35.9 Å². The molecule has 2 N–H and O–H groups in total. The van der Waals surface area contributed by atoms with Gasteiger partial charge in [-0.15, -0.1) is 0 Å². The van der Waals surface area contributed by atoms with Crippen molar-refractivity contribution in [3.8, 4) is 0 Å². The van der Waals surface area contributed by atoms with Crippen LogP contribution in [-0.2, 0) is 9.53 Å². The van der Waals surface area contributed by atoms with Crippen LogP contribution in [0.3, 0.4) is 0 Å². The summed E-state index contributed by atoms with van der Waals surface area (Å²) in [6, 6.07) is 0.417. The van der Waals surface area contributed by atoms with Gasteiger partial charge in [0.1, 0.15) is 5.54 Å². The van der Waals surface area contributed by atoms with E-state index >= 15 is 0 Å². The van der Waals surface area contributed by atoms with Gasteiger partial charge in [-0.05, 0) is 51.4 Å². The largest absolute Gasteiger partial charge is 0.480 e. The molecule has 0 aliphatic heterocycles. The molecular formula is C15H27NO3. The summed E-state index contributed by atoms with van der Waals surface area (Å²) in [5.74, 6) is 0.00522. The van der Waals surface area contributed by atoms with Gasteiger partial charge in [-0.1, -0.05) is 12.8 Å². The molecule has 2 aliphatic rings. The average Bonchev–Trinajstić information content (AvgIpc) is 3.02. The molecule has 2 rings (SSSR count). The van der Waals surface area contributed by atoms with Gasteiger partial charge in [0.15, 0.2) is 0 Å². The van der Waals surface area contributed by atoms with Gasteiger partial charge in [-0.3, -0.25) is 10.1 Å². The number of aliphatic carboxylic acids is 1. The Morgan fingerprint density at radius 3 is 2.58 bits per heavy atom. The van der Waals surface area contributed by atoms with Gasteiger partial charge in [0, 0.05) is 19.3 Å². The number of hydrogen-bond donors (Lipinski definition) is 2. The monoisotopic (exact) mass is 269 g/mol. The maximum atomic E-state index is 11.4. The minimum atomic E-state index is -0.780. The third kappa shape index (κ3) is 4.77. The normalized spacial score (nSPS) is 23.4. The van der Waals surface area contributed by atoms with Crippen LogP contribution in [0.15, 0.2) is 0 Å². The standard InChI is InChI=1S/C15H27NO3/c1-15(14(17)18,16-13-7-8-13)9-4-10-19-11-12-5-2-3-6-12/h12-13,16H,2-11H2,1H3,(H,17,18). The van der Waals surface area contributed by atoms with Crippen molar-refractivity contribution in [2.45, 2.75) is 69.9 Å². The Labute approximate surface area is 115 Å². The highest BCUT2D eigenvalue weighted by Gasteiger charge is 2.37. The Morgan fingerprint density at radius 1 is 1.32 bits per heavy atom. The topological polar surface area (TPSA) is 58.6 Å². The SMILES string of the molecule is CC(CCCOCC1CCCC1)(NC1CC1)C(=O)O. The van der Waals surface area contributed by atoms with E-state index in [1.54, 1.807) is 6.92 Å². The van der Waals surface area contributed by atoms with Crippen molar-refractivity contribution in [2.24, 2.45) is 5.92 Å². The van der Waals surface area contributed by atoms with E-state index in [1.165, 1.54) is 25.7 Å². The molecule has 19 heavy (non-hydrogen) atoms. The maximum Gasteiger partial charge on any atom is 0.323 e. The molecule has 0 bridgehead atoms. The molecule has 0 amide bonds. The van der Waals surface area contributed by atoms with Gasteiger partial charge in [-0.2, -0.15) is 0 Å². The first kappa shape index (κ1) is 14.8. The second-order valence-electron chi connectivity index (χ2n) is 6.38. The summed E-state index contributed by atoms with van der Waals surface area (Å²) in [5.41, 5.74) is -0.780. The van der Waals surface area contributed by atoms with E-state index in [0.717, 1.165) is 31.8 Å². The van der Waals surface area contributed by atoms with E-state index in [-0.39, 0.29) is 0 Å². The van der Waals surface area contributed by atoms with Crippen molar-refractivity contribution in [1.29, 1.82) is 0 Å². The smallest absolute Gasteiger partial charge is 0.323 e. The number of carbonyl (C=O) groups is 1. The van der Waals surface area contributed by atoms with Gasteiger partial charge in [0.05, 0.1) is 0 Å². The third-order valence-electron chi connectivity index (χ3n) is 4.37. The molecule has 110 valence electrons. The van der Waals surface area contributed by atoms with Crippen molar-refractivity contribution in [1.82, 2.24) is 5.32 Å². The first-order valence-electron chi connectivity index (χ1n) is 7.69. The molecule has 2 saturated carbocycles. The fourth-order valence-electron chi connectivity index (χ4n) is 2.87. The number of ether oxygens (including phenoxy) is 1. The third-order valence-corrected chi connectivity index (χ3v) is 4.37. The summed E-state index contributed by atoms with van der Waals surface area (Å²) in [7, 11) is 0. The van der Waals surface area contributed by atoms with E-state index < -0.39 is 11.5 Å². The van der Waals surface area contributed by atoms with Gasteiger partial charge in [0.25, 0.3) is 0 Å². The van der Waals surface area contributed by atoms with Crippen molar-refractivity contribution in [3.63, 3.8) is 0 Å². The highest BCUT2D eigenvalue weighted by molar-refractivity contribution is 5.78. The van der Waals surface area contributed by atoms with E-state index in [4.69, 9.17) is 4.74 Å². The zero-order valence-corrected chi connectivity index (χ0v) is 12.0. The zero-order valence-electron chi connectivity index (χ0n) is 12.0. The summed E-state index contributed by atoms with van der Waals surface area (Å²) in [6.07, 6.45) is 8.97.